The maximum Gasteiger partial charge on any atom is 0.235 e. The Morgan fingerprint density at radius 1 is 1.10 bits per heavy atom. The number of amides is 1. The number of fused-ring (bicyclic) bond motifs is 3. The van der Waals surface area contributed by atoms with E-state index in [9.17, 15) is 34.2 Å². The molecular weight excluding hydrogens is 502 g/mol. The highest BCUT2D eigenvalue weighted by molar-refractivity contribution is 6.32. The zero-order valence-corrected chi connectivity index (χ0v) is 22.9. The second-order valence-electron chi connectivity index (χ2n) is 12.8. The number of carbonyl (C=O) groups excluding carboxylic acids is 5. The number of aromatic hydroxyl groups is 1. The lowest BCUT2D eigenvalue weighted by atomic mass is 9.52. The van der Waals surface area contributed by atoms with Crippen molar-refractivity contribution in [1.82, 2.24) is 9.80 Å². The van der Waals surface area contributed by atoms with Gasteiger partial charge in [-0.2, -0.15) is 0 Å². The Morgan fingerprint density at radius 2 is 1.74 bits per heavy atom. The molecule has 4 aliphatic rings. The van der Waals surface area contributed by atoms with Crippen LogP contribution in [0.2, 0.25) is 0 Å². The molecule has 1 heterocycles. The van der Waals surface area contributed by atoms with E-state index < -0.39 is 64.4 Å². The van der Waals surface area contributed by atoms with Gasteiger partial charge >= 0.3 is 0 Å². The van der Waals surface area contributed by atoms with Crippen LogP contribution >= 0.6 is 0 Å². The molecule has 10 nitrogen and oxygen atoms in total. The van der Waals surface area contributed by atoms with Crippen molar-refractivity contribution in [3.8, 4) is 5.75 Å². The lowest BCUT2D eigenvalue weighted by molar-refractivity contribution is -0.181. The number of likely N-dealkylation sites (tertiary alicyclic amines) is 1. The topological polar surface area (TPSA) is 158 Å². The van der Waals surface area contributed by atoms with Crippen LogP contribution in [0.15, 0.2) is 12.1 Å². The number of phenolic OH excluding ortho intramolecular Hbond substituents is 1. The van der Waals surface area contributed by atoms with Crippen molar-refractivity contribution < 1.29 is 34.2 Å². The number of benzene rings is 1. The van der Waals surface area contributed by atoms with Crippen molar-refractivity contribution >= 4 is 29.0 Å². The first-order chi connectivity index (χ1) is 18.2. The molecule has 3 aliphatic carbocycles. The van der Waals surface area contributed by atoms with E-state index in [2.05, 4.69) is 18.7 Å². The zero-order chi connectivity index (χ0) is 28.6. The van der Waals surface area contributed by atoms with Crippen molar-refractivity contribution in [2.75, 3.05) is 27.2 Å². The molecule has 0 radical (unpaired) electrons. The number of aliphatic hydroxyl groups is 1. The van der Waals surface area contributed by atoms with Gasteiger partial charge in [0, 0.05) is 12.5 Å². The van der Waals surface area contributed by atoms with E-state index in [1.807, 2.05) is 6.07 Å². The highest BCUT2D eigenvalue weighted by atomic mass is 16.3. The van der Waals surface area contributed by atoms with Crippen LogP contribution in [0, 0.1) is 29.1 Å². The molecular formula is C29H37N3O7. The standard InChI is InChI=1S/C29H37N3O7/c1-28(2)7-9-32(10-8-28)13-14-5-6-18(33)20-16(14)11-15-12-17-22(31(3)4)24(35)21(27(30)38)26(37)29(17,39)25(36)19(15)23(20)34/h5-6,15,17,19,21-22,33,39H,7-13H2,1-4H3,(H2,30,38)/t15-,17-,19?,21?,22+,29-/m0/s1. The van der Waals surface area contributed by atoms with Gasteiger partial charge in [0.25, 0.3) is 0 Å². The number of piperidine rings is 1. The molecule has 10 heteroatoms. The molecule has 0 bridgehead atoms. The fraction of sp³-hybridized carbons (Fsp3) is 0.621. The van der Waals surface area contributed by atoms with Crippen LogP contribution in [0.1, 0.15) is 54.6 Å². The summed E-state index contributed by atoms with van der Waals surface area (Å²) in [6.45, 7) is 6.92. The van der Waals surface area contributed by atoms with E-state index >= 15 is 0 Å². The van der Waals surface area contributed by atoms with Gasteiger partial charge in [0.1, 0.15) is 5.75 Å². The molecule has 1 aromatic rings. The van der Waals surface area contributed by atoms with Crippen molar-refractivity contribution in [1.29, 1.82) is 0 Å². The normalized spacial score (nSPS) is 34.5. The minimum Gasteiger partial charge on any atom is -0.507 e. The molecule has 1 aliphatic heterocycles. The largest absolute Gasteiger partial charge is 0.507 e. The minimum absolute atomic E-state index is 0.0523. The number of ketones is 4. The molecule has 1 aromatic carbocycles. The quantitative estimate of drug-likeness (QED) is 0.463. The summed E-state index contributed by atoms with van der Waals surface area (Å²) < 4.78 is 0. The molecule has 0 spiro atoms. The van der Waals surface area contributed by atoms with Crippen LogP contribution in [-0.4, -0.2) is 87.9 Å². The van der Waals surface area contributed by atoms with Crippen molar-refractivity contribution in [2.45, 2.75) is 57.7 Å². The summed E-state index contributed by atoms with van der Waals surface area (Å²) in [7, 11) is 3.15. The summed E-state index contributed by atoms with van der Waals surface area (Å²) in [5.74, 6) is -10.2. The molecule has 0 aromatic heterocycles. The van der Waals surface area contributed by atoms with Gasteiger partial charge in [-0.1, -0.05) is 19.9 Å². The molecule has 39 heavy (non-hydrogen) atoms. The molecule has 1 saturated heterocycles. The average molecular weight is 540 g/mol. The van der Waals surface area contributed by atoms with Crippen molar-refractivity contribution in [3.63, 3.8) is 0 Å². The highest BCUT2D eigenvalue weighted by Gasteiger charge is 2.69. The highest BCUT2D eigenvalue weighted by Crippen LogP contribution is 2.51. The van der Waals surface area contributed by atoms with Crippen LogP contribution in [0.5, 0.6) is 5.75 Å². The predicted molar refractivity (Wildman–Crippen MR) is 140 cm³/mol. The Morgan fingerprint density at radius 3 is 2.33 bits per heavy atom. The molecule has 210 valence electrons. The first kappa shape index (κ1) is 27.6. The second kappa shape index (κ2) is 9.31. The number of nitrogens with two attached hydrogens (primary N) is 1. The first-order valence-corrected chi connectivity index (χ1v) is 13.6. The maximum atomic E-state index is 13.9. The van der Waals surface area contributed by atoms with Crippen molar-refractivity contribution in [2.24, 2.45) is 34.8 Å². The third-order valence-electron chi connectivity index (χ3n) is 9.65. The van der Waals surface area contributed by atoms with Crippen LogP contribution < -0.4 is 5.73 Å². The molecule has 4 N–H and O–H groups in total. The second-order valence-corrected chi connectivity index (χ2v) is 12.8. The number of rotatable bonds is 4. The number of hydrogen-bond donors (Lipinski definition) is 3. The molecule has 6 atom stereocenters. The third kappa shape index (κ3) is 4.15. The number of likely N-dealkylation sites (N-methyl/N-ethyl adjacent to an activating group) is 1. The lowest BCUT2D eigenvalue weighted by Gasteiger charge is -2.52. The first-order valence-electron chi connectivity index (χ1n) is 13.6. The number of Topliss-reactive ketones (excluding diaryl/α,β-unsaturated/α-hetero) is 4. The molecule has 3 fully saturated rings. The van der Waals surface area contributed by atoms with Crippen LogP contribution in [-0.2, 0) is 32.1 Å². The van der Waals surface area contributed by atoms with Gasteiger partial charge in [-0.15, -0.1) is 0 Å². The summed E-state index contributed by atoms with van der Waals surface area (Å²) in [6, 6.07) is 2.17. The fourth-order valence-corrected chi connectivity index (χ4v) is 7.37. The number of carbonyl (C=O) groups is 5. The summed E-state index contributed by atoms with van der Waals surface area (Å²) in [5, 5.41) is 22.4. The van der Waals surface area contributed by atoms with Crippen LogP contribution in [0.25, 0.3) is 0 Å². The van der Waals surface area contributed by atoms with Gasteiger partial charge in [-0.3, -0.25) is 33.8 Å². The van der Waals surface area contributed by atoms with Gasteiger partial charge in [-0.05, 0) is 81.4 Å². The monoisotopic (exact) mass is 539 g/mol. The maximum absolute atomic E-state index is 13.9. The number of hydrogen-bond acceptors (Lipinski definition) is 9. The Kier molecular flexibility index (Phi) is 6.59. The Hall–Kier alpha value is -2.95. The number of phenols is 1. The van der Waals surface area contributed by atoms with E-state index in [-0.39, 0.29) is 29.6 Å². The summed E-state index contributed by atoms with van der Waals surface area (Å²) in [4.78, 5) is 70.2. The van der Waals surface area contributed by atoms with E-state index in [4.69, 9.17) is 5.73 Å². The van der Waals surface area contributed by atoms with E-state index in [1.54, 1.807) is 14.1 Å². The van der Waals surface area contributed by atoms with Crippen LogP contribution in [0.4, 0.5) is 0 Å². The van der Waals surface area contributed by atoms with Gasteiger partial charge in [0.05, 0.1) is 17.5 Å². The lowest BCUT2D eigenvalue weighted by Crippen LogP contribution is -2.74. The summed E-state index contributed by atoms with van der Waals surface area (Å²) >= 11 is 0. The number of primary amides is 1. The predicted octanol–water partition coefficient (Wildman–Crippen LogP) is 0.489. The summed E-state index contributed by atoms with van der Waals surface area (Å²) in [6.07, 6.45) is 2.43. The third-order valence-corrected chi connectivity index (χ3v) is 9.65. The van der Waals surface area contributed by atoms with Crippen LogP contribution in [0.3, 0.4) is 0 Å². The van der Waals surface area contributed by atoms with E-state index in [0.29, 0.717) is 12.1 Å². The fourth-order valence-electron chi connectivity index (χ4n) is 7.37. The van der Waals surface area contributed by atoms with E-state index in [1.165, 1.54) is 11.0 Å². The van der Waals surface area contributed by atoms with Gasteiger partial charge in [-0.25, -0.2) is 0 Å². The zero-order valence-electron chi connectivity index (χ0n) is 22.9. The summed E-state index contributed by atoms with van der Waals surface area (Å²) in [5.41, 5.74) is 4.56. The Labute approximate surface area is 227 Å². The van der Waals surface area contributed by atoms with Gasteiger partial charge in [0.15, 0.2) is 34.7 Å². The minimum atomic E-state index is -2.70. The Balaban J connectivity index is 1.54. The molecule has 2 saturated carbocycles. The van der Waals surface area contributed by atoms with E-state index in [0.717, 1.165) is 31.5 Å². The number of nitrogens with zero attached hydrogens (tertiary/aromatic N) is 2. The van der Waals surface area contributed by atoms with Crippen molar-refractivity contribution in [3.05, 3.63) is 28.8 Å². The molecule has 1 amide bonds. The average Bonchev–Trinajstić information content (AvgIpc) is 2.84. The molecule has 2 unspecified atom stereocenters. The van der Waals surface area contributed by atoms with Gasteiger partial charge in [0.2, 0.25) is 5.91 Å². The van der Waals surface area contributed by atoms with Gasteiger partial charge < -0.3 is 15.9 Å². The SMILES string of the molecule is CN(C)[C@H]1C(=O)C(C(N)=O)C(=O)[C@@]2(O)C(=O)C3C(=O)c4c(O)ccc(CN5CCC(C)(C)CC5)c4C[C@H]3C[C@@H]12. The smallest absolute Gasteiger partial charge is 0.235 e. The Bertz CT molecular complexity index is 1280. The molecule has 5 rings (SSSR count).